The second-order valence-corrected chi connectivity index (χ2v) is 4.79. The number of aromatic nitrogens is 4. The number of halogens is 2. The molecule has 0 aliphatic carbocycles. The van der Waals surface area contributed by atoms with E-state index < -0.39 is 0 Å². The van der Waals surface area contributed by atoms with E-state index in [-0.39, 0.29) is 6.04 Å². The molecule has 2 rings (SSSR count). The van der Waals surface area contributed by atoms with E-state index >= 15 is 0 Å². The molecule has 5 nitrogen and oxygen atoms in total. The largest absolute Gasteiger partial charge is 0.434 e. The van der Waals surface area contributed by atoms with Crippen LogP contribution in [0.2, 0.25) is 5.15 Å². The minimum Gasteiger partial charge on any atom is -0.434 e. The first kappa shape index (κ1) is 12.3. The summed E-state index contributed by atoms with van der Waals surface area (Å²) in [4.78, 5) is 7.81. The van der Waals surface area contributed by atoms with Crippen LogP contribution in [0.25, 0.3) is 0 Å². The van der Waals surface area contributed by atoms with Crippen LogP contribution in [0.3, 0.4) is 0 Å². The first-order chi connectivity index (χ1) is 8.08. The molecule has 0 atom stereocenters. The van der Waals surface area contributed by atoms with E-state index in [9.17, 15) is 0 Å². The zero-order valence-corrected chi connectivity index (χ0v) is 11.6. The number of hydrogen-bond donors (Lipinski definition) is 0. The van der Waals surface area contributed by atoms with Crippen molar-refractivity contribution >= 4 is 27.5 Å². The Kier molecular flexibility index (Phi) is 3.63. The van der Waals surface area contributed by atoms with Crippen LogP contribution < -0.4 is 4.74 Å². The van der Waals surface area contributed by atoms with E-state index in [0.717, 1.165) is 0 Å². The summed E-state index contributed by atoms with van der Waals surface area (Å²) in [6.07, 6.45) is 4.77. The predicted octanol–water partition coefficient (Wildman–Crippen LogP) is 3.46. The van der Waals surface area contributed by atoms with Gasteiger partial charge >= 0.3 is 0 Å². The second-order valence-electron chi connectivity index (χ2n) is 3.64. The molecule has 0 saturated heterocycles. The molecular formula is C10H10BrClN4O. The van der Waals surface area contributed by atoms with Crippen LogP contribution in [0.4, 0.5) is 0 Å². The van der Waals surface area contributed by atoms with Gasteiger partial charge in [0.1, 0.15) is 10.8 Å². The Morgan fingerprint density at radius 1 is 1.41 bits per heavy atom. The Hall–Kier alpha value is -1.14. The summed E-state index contributed by atoms with van der Waals surface area (Å²) in [5, 5.41) is 4.48. The number of hydrogen-bond acceptors (Lipinski definition) is 4. The van der Waals surface area contributed by atoms with E-state index in [1.165, 1.54) is 6.33 Å². The molecule has 0 aliphatic heterocycles. The van der Waals surface area contributed by atoms with Crippen LogP contribution in [-0.2, 0) is 0 Å². The molecular weight excluding hydrogens is 307 g/mol. The van der Waals surface area contributed by atoms with Crippen LogP contribution in [0, 0.1) is 0 Å². The normalized spacial score (nSPS) is 10.9. The van der Waals surface area contributed by atoms with Crippen LogP contribution in [0.5, 0.6) is 11.6 Å². The molecule has 2 aromatic rings. The third-order valence-electron chi connectivity index (χ3n) is 2.04. The fraction of sp³-hybridized carbons (Fsp3) is 0.300. The summed E-state index contributed by atoms with van der Waals surface area (Å²) in [6, 6.07) is 0.282. The van der Waals surface area contributed by atoms with Crippen molar-refractivity contribution in [1.82, 2.24) is 19.7 Å². The third kappa shape index (κ3) is 2.76. The van der Waals surface area contributed by atoms with E-state index in [1.807, 2.05) is 13.8 Å². The van der Waals surface area contributed by atoms with Crippen LogP contribution >= 0.6 is 27.5 Å². The van der Waals surface area contributed by atoms with Crippen molar-refractivity contribution < 1.29 is 4.74 Å². The lowest BCUT2D eigenvalue weighted by molar-refractivity contribution is 0.454. The molecule has 17 heavy (non-hydrogen) atoms. The molecule has 0 amide bonds. The van der Waals surface area contributed by atoms with E-state index in [4.69, 9.17) is 16.3 Å². The van der Waals surface area contributed by atoms with Gasteiger partial charge < -0.3 is 4.74 Å². The molecule has 0 saturated carbocycles. The standard InChI is InChI=1S/C10H10BrClN4O/c1-6(2)16-4-7(3-15-16)17-10-8(11)9(12)13-5-14-10/h3-6H,1-2H3. The molecule has 2 aromatic heterocycles. The topological polar surface area (TPSA) is 52.8 Å². The third-order valence-corrected chi connectivity index (χ3v) is 3.27. The van der Waals surface area contributed by atoms with Gasteiger partial charge in [-0.1, -0.05) is 11.6 Å². The van der Waals surface area contributed by atoms with E-state index in [1.54, 1.807) is 17.1 Å². The maximum Gasteiger partial charge on any atom is 0.238 e. The highest BCUT2D eigenvalue weighted by molar-refractivity contribution is 9.10. The Morgan fingerprint density at radius 3 is 2.82 bits per heavy atom. The summed E-state index contributed by atoms with van der Waals surface area (Å²) in [5.41, 5.74) is 0. The molecule has 0 aromatic carbocycles. The van der Waals surface area contributed by atoms with Crippen LogP contribution in [0.15, 0.2) is 23.2 Å². The van der Waals surface area contributed by atoms with Crippen molar-refractivity contribution in [1.29, 1.82) is 0 Å². The smallest absolute Gasteiger partial charge is 0.238 e. The number of rotatable bonds is 3. The lowest BCUT2D eigenvalue weighted by atomic mass is 10.4. The van der Waals surface area contributed by atoms with Gasteiger partial charge in [-0.15, -0.1) is 0 Å². The minimum atomic E-state index is 0.282. The first-order valence-corrected chi connectivity index (χ1v) is 6.13. The summed E-state index contributed by atoms with van der Waals surface area (Å²) < 4.78 is 7.88. The second kappa shape index (κ2) is 5.01. The van der Waals surface area contributed by atoms with Crippen molar-refractivity contribution in [2.45, 2.75) is 19.9 Å². The fourth-order valence-corrected chi connectivity index (χ4v) is 1.58. The molecule has 0 N–H and O–H groups in total. The molecule has 0 spiro atoms. The Labute approximate surface area is 112 Å². The van der Waals surface area contributed by atoms with Gasteiger partial charge in [0.15, 0.2) is 10.9 Å². The highest BCUT2D eigenvalue weighted by atomic mass is 79.9. The van der Waals surface area contributed by atoms with Crippen molar-refractivity contribution in [3.63, 3.8) is 0 Å². The van der Waals surface area contributed by atoms with E-state index in [0.29, 0.717) is 21.3 Å². The lowest BCUT2D eigenvalue weighted by Crippen LogP contribution is -1.99. The average molecular weight is 318 g/mol. The summed E-state index contributed by atoms with van der Waals surface area (Å²) in [5.74, 6) is 0.975. The molecule has 0 unspecified atom stereocenters. The predicted molar refractivity (Wildman–Crippen MR) is 67.4 cm³/mol. The molecule has 0 bridgehead atoms. The van der Waals surface area contributed by atoms with Crippen molar-refractivity contribution in [3.05, 3.63) is 28.3 Å². The summed E-state index contributed by atoms with van der Waals surface area (Å²) >= 11 is 9.10. The van der Waals surface area contributed by atoms with Gasteiger partial charge in [-0.25, -0.2) is 9.97 Å². The zero-order valence-electron chi connectivity index (χ0n) is 9.26. The average Bonchev–Trinajstić information content (AvgIpc) is 2.73. The van der Waals surface area contributed by atoms with Gasteiger partial charge in [-0.05, 0) is 29.8 Å². The Balaban J connectivity index is 2.22. The van der Waals surface area contributed by atoms with Crippen LogP contribution in [-0.4, -0.2) is 19.7 Å². The molecule has 2 heterocycles. The van der Waals surface area contributed by atoms with Gasteiger partial charge in [0.05, 0.1) is 12.4 Å². The quantitative estimate of drug-likeness (QED) is 0.814. The molecule has 0 aliphatic rings. The van der Waals surface area contributed by atoms with Crippen LogP contribution in [0.1, 0.15) is 19.9 Å². The zero-order chi connectivity index (χ0) is 12.4. The molecule has 7 heteroatoms. The summed E-state index contributed by atoms with van der Waals surface area (Å²) in [6.45, 7) is 4.07. The number of ether oxygens (including phenoxy) is 1. The fourth-order valence-electron chi connectivity index (χ4n) is 1.17. The monoisotopic (exact) mass is 316 g/mol. The van der Waals surface area contributed by atoms with Gasteiger partial charge in [-0.2, -0.15) is 5.10 Å². The van der Waals surface area contributed by atoms with Gasteiger partial charge in [0, 0.05) is 6.04 Å². The molecule has 0 fully saturated rings. The van der Waals surface area contributed by atoms with E-state index in [2.05, 4.69) is 31.0 Å². The van der Waals surface area contributed by atoms with Gasteiger partial charge in [0.2, 0.25) is 5.88 Å². The summed E-state index contributed by atoms with van der Waals surface area (Å²) in [7, 11) is 0. The van der Waals surface area contributed by atoms with Crippen molar-refractivity contribution in [3.8, 4) is 11.6 Å². The first-order valence-electron chi connectivity index (χ1n) is 4.96. The maximum atomic E-state index is 5.84. The Bertz CT molecular complexity index is 529. The van der Waals surface area contributed by atoms with Gasteiger partial charge in [0.25, 0.3) is 0 Å². The molecule has 0 radical (unpaired) electrons. The molecule has 90 valence electrons. The Morgan fingerprint density at radius 2 is 2.18 bits per heavy atom. The number of nitrogens with zero attached hydrogens (tertiary/aromatic N) is 4. The maximum absolute atomic E-state index is 5.84. The highest BCUT2D eigenvalue weighted by Crippen LogP contribution is 2.31. The highest BCUT2D eigenvalue weighted by Gasteiger charge is 2.10. The van der Waals surface area contributed by atoms with Gasteiger partial charge in [-0.3, -0.25) is 4.68 Å². The van der Waals surface area contributed by atoms with Crippen molar-refractivity contribution in [2.75, 3.05) is 0 Å². The van der Waals surface area contributed by atoms with Crippen molar-refractivity contribution in [2.24, 2.45) is 0 Å². The lowest BCUT2D eigenvalue weighted by Gasteiger charge is -2.05. The minimum absolute atomic E-state index is 0.282. The SMILES string of the molecule is CC(C)n1cc(Oc2ncnc(Cl)c2Br)cn1.